The van der Waals surface area contributed by atoms with E-state index in [1.165, 1.54) is 9.80 Å². The summed E-state index contributed by atoms with van der Waals surface area (Å²) < 4.78 is 11.3. The minimum absolute atomic E-state index is 0.159. The van der Waals surface area contributed by atoms with Gasteiger partial charge >= 0.3 is 0 Å². The van der Waals surface area contributed by atoms with Gasteiger partial charge in [-0.3, -0.25) is 29.0 Å². The summed E-state index contributed by atoms with van der Waals surface area (Å²) in [5.41, 5.74) is 1.73. The maximum Gasteiger partial charge on any atom is 0.289 e. The highest BCUT2D eigenvalue weighted by molar-refractivity contribution is 8.15. The van der Waals surface area contributed by atoms with Crippen molar-refractivity contribution in [2.45, 2.75) is 13.1 Å². The molecule has 0 bridgehead atoms. The Hall–Kier alpha value is -3.24. The van der Waals surface area contributed by atoms with E-state index in [-0.39, 0.29) is 46.9 Å². The molecule has 0 aromatic heterocycles. The van der Waals surface area contributed by atoms with Gasteiger partial charge in [0.1, 0.15) is 24.7 Å². The summed E-state index contributed by atoms with van der Waals surface area (Å²) in [5.74, 6) is 1.48. The summed E-state index contributed by atoms with van der Waals surface area (Å²) in [6, 6.07) is 14.6. The van der Waals surface area contributed by atoms with Crippen molar-refractivity contribution in [2.75, 3.05) is 24.7 Å². The van der Waals surface area contributed by atoms with Gasteiger partial charge in [0, 0.05) is 0 Å². The number of carbonyl (C=O) groups is 4. The van der Waals surface area contributed by atoms with Crippen LogP contribution < -0.4 is 9.47 Å². The topological polar surface area (TPSA) is 93.2 Å². The first-order chi connectivity index (χ1) is 16.5. The molecule has 34 heavy (non-hydrogen) atoms. The van der Waals surface area contributed by atoms with Gasteiger partial charge in [-0.2, -0.15) is 0 Å². The van der Waals surface area contributed by atoms with Crippen LogP contribution in [0.1, 0.15) is 11.1 Å². The second kappa shape index (κ2) is 11.3. The molecule has 0 spiro atoms. The number of imide groups is 2. The predicted molar refractivity (Wildman–Crippen MR) is 130 cm³/mol. The Labute approximate surface area is 205 Å². The molecule has 0 N–H and O–H groups in total. The van der Waals surface area contributed by atoms with E-state index in [4.69, 9.17) is 9.47 Å². The van der Waals surface area contributed by atoms with E-state index in [1.54, 1.807) is 24.3 Å². The lowest BCUT2D eigenvalue weighted by Gasteiger charge is -2.13. The van der Waals surface area contributed by atoms with Crippen LogP contribution in [0, 0.1) is 0 Å². The summed E-state index contributed by atoms with van der Waals surface area (Å²) in [4.78, 5) is 49.2. The molecule has 8 nitrogen and oxygen atoms in total. The van der Waals surface area contributed by atoms with Gasteiger partial charge in [0.2, 0.25) is 11.8 Å². The molecule has 0 saturated carbocycles. The zero-order chi connectivity index (χ0) is 23.9. The minimum atomic E-state index is -0.206. The molecule has 2 saturated heterocycles. The molecule has 0 unspecified atom stereocenters. The number of hydrogen-bond acceptors (Lipinski definition) is 8. The minimum Gasteiger partial charge on any atom is -0.490 e. The van der Waals surface area contributed by atoms with Crippen LogP contribution in [-0.2, 0) is 22.7 Å². The Kier molecular flexibility index (Phi) is 7.91. The van der Waals surface area contributed by atoms with Crippen molar-refractivity contribution in [1.82, 2.24) is 9.80 Å². The zero-order valence-corrected chi connectivity index (χ0v) is 19.8. The molecule has 2 aromatic rings. The first kappa shape index (κ1) is 23.9. The lowest BCUT2D eigenvalue weighted by atomic mass is 10.2. The average molecular weight is 499 g/mol. The number of carbonyl (C=O) groups excluding carboxylic acids is 4. The predicted octanol–water partition coefficient (Wildman–Crippen LogP) is 4.09. The molecule has 4 amide bonds. The van der Waals surface area contributed by atoms with Gasteiger partial charge in [0.05, 0.1) is 24.6 Å². The fourth-order valence-corrected chi connectivity index (χ4v) is 4.69. The van der Waals surface area contributed by atoms with Crippen molar-refractivity contribution < 1.29 is 28.7 Å². The van der Waals surface area contributed by atoms with E-state index in [9.17, 15) is 19.2 Å². The molecular formula is C24H22N2O6S2. The van der Waals surface area contributed by atoms with Gasteiger partial charge in [0.15, 0.2) is 0 Å². The van der Waals surface area contributed by atoms with E-state index in [1.807, 2.05) is 36.4 Å². The van der Waals surface area contributed by atoms with Gasteiger partial charge in [-0.1, -0.05) is 47.8 Å². The second-order valence-electron chi connectivity index (χ2n) is 7.45. The van der Waals surface area contributed by atoms with Crippen molar-refractivity contribution >= 4 is 45.8 Å². The SMILES string of the molecule is O=C1CSC(=O)N1Cc1ccc(OCC=CCOc2ccc(CN3C(=O)CSC3=O)cc2)cc1. The van der Waals surface area contributed by atoms with Crippen LogP contribution in [0.4, 0.5) is 9.59 Å². The lowest BCUT2D eigenvalue weighted by Crippen LogP contribution is -2.27. The molecule has 2 aromatic carbocycles. The highest BCUT2D eigenvalue weighted by atomic mass is 32.2. The molecule has 2 heterocycles. The Morgan fingerprint density at radius 2 is 1.03 bits per heavy atom. The van der Waals surface area contributed by atoms with Gasteiger partial charge in [-0.25, -0.2) is 0 Å². The third-order valence-corrected chi connectivity index (χ3v) is 6.79. The summed E-state index contributed by atoms with van der Waals surface area (Å²) >= 11 is 2.06. The van der Waals surface area contributed by atoms with Crippen molar-refractivity contribution in [1.29, 1.82) is 0 Å². The third kappa shape index (κ3) is 6.21. The van der Waals surface area contributed by atoms with Gasteiger partial charge in [-0.05, 0) is 47.5 Å². The normalized spacial score (nSPS) is 16.2. The summed E-state index contributed by atoms with van der Waals surface area (Å²) in [7, 11) is 0. The molecule has 2 aliphatic heterocycles. The van der Waals surface area contributed by atoms with Gasteiger partial charge < -0.3 is 9.47 Å². The van der Waals surface area contributed by atoms with Crippen molar-refractivity contribution in [2.24, 2.45) is 0 Å². The molecular weight excluding hydrogens is 476 g/mol. The highest BCUT2D eigenvalue weighted by Crippen LogP contribution is 2.23. The molecule has 176 valence electrons. The van der Waals surface area contributed by atoms with Crippen LogP contribution in [0.25, 0.3) is 0 Å². The van der Waals surface area contributed by atoms with Crippen LogP contribution in [0.15, 0.2) is 60.7 Å². The van der Waals surface area contributed by atoms with Crippen LogP contribution in [-0.4, -0.2) is 56.8 Å². The molecule has 0 atom stereocenters. The first-order valence-electron chi connectivity index (χ1n) is 10.5. The highest BCUT2D eigenvalue weighted by Gasteiger charge is 2.30. The van der Waals surface area contributed by atoms with Gasteiger partial charge in [-0.15, -0.1) is 0 Å². The van der Waals surface area contributed by atoms with Crippen LogP contribution >= 0.6 is 23.5 Å². The Morgan fingerprint density at radius 1 is 0.647 bits per heavy atom. The number of nitrogens with zero attached hydrogens (tertiary/aromatic N) is 2. The summed E-state index contributed by atoms with van der Waals surface area (Å²) in [6.45, 7) is 1.29. The van der Waals surface area contributed by atoms with Crippen molar-refractivity contribution in [3.63, 3.8) is 0 Å². The molecule has 2 fully saturated rings. The lowest BCUT2D eigenvalue weighted by molar-refractivity contribution is -0.125. The van der Waals surface area contributed by atoms with Crippen LogP contribution in [0.2, 0.25) is 0 Å². The molecule has 10 heteroatoms. The molecule has 2 aliphatic rings. The zero-order valence-electron chi connectivity index (χ0n) is 18.2. The number of ether oxygens (including phenoxy) is 2. The Bertz CT molecular complexity index is 982. The Morgan fingerprint density at radius 3 is 1.35 bits per heavy atom. The quantitative estimate of drug-likeness (QED) is 0.452. The number of hydrogen-bond donors (Lipinski definition) is 0. The third-order valence-electron chi connectivity index (χ3n) is 5.07. The van der Waals surface area contributed by atoms with E-state index >= 15 is 0 Å². The van der Waals surface area contributed by atoms with E-state index in [0.29, 0.717) is 24.7 Å². The maximum absolute atomic E-state index is 11.7. The first-order valence-corrected chi connectivity index (χ1v) is 12.5. The number of rotatable bonds is 10. The number of benzene rings is 2. The maximum atomic E-state index is 11.7. The van der Waals surface area contributed by atoms with E-state index in [0.717, 1.165) is 34.7 Å². The number of amides is 4. The van der Waals surface area contributed by atoms with Crippen LogP contribution in [0.5, 0.6) is 11.5 Å². The van der Waals surface area contributed by atoms with Crippen LogP contribution in [0.3, 0.4) is 0 Å². The fraction of sp³-hybridized carbons (Fsp3) is 0.250. The van der Waals surface area contributed by atoms with Crippen molar-refractivity contribution in [3.8, 4) is 11.5 Å². The van der Waals surface area contributed by atoms with Gasteiger partial charge in [0.25, 0.3) is 10.5 Å². The molecule has 0 aliphatic carbocycles. The summed E-state index contributed by atoms with van der Waals surface area (Å²) in [6.07, 6.45) is 3.70. The monoisotopic (exact) mass is 498 g/mol. The van der Waals surface area contributed by atoms with E-state index < -0.39 is 0 Å². The van der Waals surface area contributed by atoms with E-state index in [2.05, 4.69) is 0 Å². The fourth-order valence-electron chi connectivity index (χ4n) is 3.24. The largest absolute Gasteiger partial charge is 0.490 e. The molecule has 4 rings (SSSR count). The molecule has 0 radical (unpaired) electrons. The van der Waals surface area contributed by atoms with Crippen molar-refractivity contribution in [3.05, 3.63) is 71.8 Å². The average Bonchev–Trinajstić information content (AvgIpc) is 3.33. The number of thioether (sulfide) groups is 2. The smallest absolute Gasteiger partial charge is 0.289 e. The Balaban J connectivity index is 1.15. The standard InChI is InChI=1S/C24H22N2O6S2/c27-21-15-33-23(29)25(21)13-17-3-7-19(8-4-17)31-11-1-2-12-32-20-9-5-18(6-10-20)14-26-22(28)16-34-24(26)30/h1-10H,11-16H2. The second-order valence-corrected chi connectivity index (χ2v) is 9.30. The summed E-state index contributed by atoms with van der Waals surface area (Å²) in [5, 5.41) is -0.411.